The highest BCUT2D eigenvalue weighted by Gasteiger charge is 2.03. The summed E-state index contributed by atoms with van der Waals surface area (Å²) in [6, 6.07) is 8.93. The first-order valence-electron chi connectivity index (χ1n) is 5.54. The van der Waals surface area contributed by atoms with Crippen molar-refractivity contribution in [1.82, 2.24) is 5.32 Å². The molecule has 1 rings (SSSR count). The molecule has 0 aliphatic carbocycles. The van der Waals surface area contributed by atoms with Crippen molar-refractivity contribution in [3.05, 3.63) is 29.8 Å². The first-order valence-corrected chi connectivity index (χ1v) is 6.42. The van der Waals surface area contributed by atoms with E-state index in [0.29, 0.717) is 11.2 Å². The summed E-state index contributed by atoms with van der Waals surface area (Å²) in [5.74, 6) is 0.624. The molecule has 0 aliphatic rings. The highest BCUT2D eigenvalue weighted by molar-refractivity contribution is 8.00. The average Bonchev–Trinajstić information content (AvgIpc) is 2.18. The van der Waals surface area contributed by atoms with Crippen LogP contribution in [0.2, 0.25) is 0 Å². The second kappa shape index (κ2) is 6.19. The molecule has 84 valence electrons. The van der Waals surface area contributed by atoms with Crippen LogP contribution in [0.5, 0.6) is 0 Å². The van der Waals surface area contributed by atoms with Crippen LogP contribution in [0, 0.1) is 0 Å². The first-order chi connectivity index (χ1) is 7.13. The molecule has 1 N–H and O–H groups in total. The van der Waals surface area contributed by atoms with Crippen LogP contribution in [-0.4, -0.2) is 18.8 Å². The third-order valence-corrected chi connectivity index (χ3v) is 3.49. The predicted molar refractivity (Wildman–Crippen MR) is 69.8 cm³/mol. The lowest BCUT2D eigenvalue weighted by Gasteiger charge is -2.11. The lowest BCUT2D eigenvalue weighted by atomic mass is 10.0. The van der Waals surface area contributed by atoms with Gasteiger partial charge in [0.1, 0.15) is 0 Å². The Hall–Kier alpha value is -0.470. The Morgan fingerprint density at radius 2 is 1.73 bits per heavy atom. The highest BCUT2D eigenvalue weighted by Crippen LogP contribution is 2.24. The molecule has 0 fully saturated rings. The molecule has 1 aromatic rings. The average molecular weight is 223 g/mol. The summed E-state index contributed by atoms with van der Waals surface area (Å²) in [6.45, 7) is 7.76. The lowest BCUT2D eigenvalue weighted by molar-refractivity contribution is 0.785. The zero-order chi connectivity index (χ0) is 11.3. The molecule has 0 heterocycles. The van der Waals surface area contributed by atoms with E-state index in [1.54, 1.807) is 0 Å². The molecule has 1 aromatic carbocycles. The fraction of sp³-hybridized carbons (Fsp3) is 0.538. The second-order valence-electron chi connectivity index (χ2n) is 4.21. The summed E-state index contributed by atoms with van der Waals surface area (Å²) in [7, 11) is 2.00. The monoisotopic (exact) mass is 223 g/mol. The van der Waals surface area contributed by atoms with E-state index in [1.807, 2.05) is 18.8 Å². The Kier molecular flexibility index (Phi) is 5.20. The minimum Gasteiger partial charge on any atom is -0.319 e. The van der Waals surface area contributed by atoms with Gasteiger partial charge in [-0.05, 0) is 30.7 Å². The molecule has 0 aliphatic heterocycles. The van der Waals surface area contributed by atoms with Gasteiger partial charge in [-0.2, -0.15) is 0 Å². The van der Waals surface area contributed by atoms with Gasteiger partial charge >= 0.3 is 0 Å². The maximum atomic E-state index is 3.20. The topological polar surface area (TPSA) is 12.0 Å². The van der Waals surface area contributed by atoms with E-state index >= 15 is 0 Å². The van der Waals surface area contributed by atoms with Crippen LogP contribution in [0.3, 0.4) is 0 Å². The summed E-state index contributed by atoms with van der Waals surface area (Å²) in [5, 5.41) is 3.82. The van der Waals surface area contributed by atoms with E-state index in [2.05, 4.69) is 50.4 Å². The van der Waals surface area contributed by atoms with Gasteiger partial charge in [-0.25, -0.2) is 0 Å². The van der Waals surface area contributed by atoms with Crippen LogP contribution < -0.4 is 5.32 Å². The third kappa shape index (κ3) is 4.27. The van der Waals surface area contributed by atoms with Gasteiger partial charge in [0.2, 0.25) is 0 Å². The van der Waals surface area contributed by atoms with Gasteiger partial charge in [-0.1, -0.05) is 32.9 Å². The zero-order valence-corrected chi connectivity index (χ0v) is 10.9. The zero-order valence-electron chi connectivity index (χ0n) is 10.1. The Labute approximate surface area is 97.7 Å². The molecule has 0 spiro atoms. The maximum absolute atomic E-state index is 3.20. The van der Waals surface area contributed by atoms with Gasteiger partial charge in [0, 0.05) is 16.7 Å². The molecule has 2 heteroatoms. The van der Waals surface area contributed by atoms with Crippen molar-refractivity contribution in [2.45, 2.75) is 36.8 Å². The Balaban J connectivity index is 2.56. The Bertz CT molecular complexity index is 279. The van der Waals surface area contributed by atoms with Crippen molar-refractivity contribution in [1.29, 1.82) is 0 Å². The van der Waals surface area contributed by atoms with Crippen LogP contribution in [0.25, 0.3) is 0 Å². The number of benzene rings is 1. The van der Waals surface area contributed by atoms with E-state index in [9.17, 15) is 0 Å². The molecule has 1 atom stereocenters. The van der Waals surface area contributed by atoms with E-state index in [-0.39, 0.29) is 0 Å². The number of nitrogens with one attached hydrogen (secondary N) is 1. The summed E-state index contributed by atoms with van der Waals surface area (Å²) in [4.78, 5) is 1.36. The fourth-order valence-electron chi connectivity index (χ4n) is 1.49. The maximum Gasteiger partial charge on any atom is 0.0191 e. The number of hydrogen-bond acceptors (Lipinski definition) is 2. The molecule has 1 unspecified atom stereocenters. The molecule has 0 radical (unpaired) electrons. The van der Waals surface area contributed by atoms with Gasteiger partial charge in [0.15, 0.2) is 0 Å². The van der Waals surface area contributed by atoms with Gasteiger partial charge in [0.05, 0.1) is 0 Å². The summed E-state index contributed by atoms with van der Waals surface area (Å²) < 4.78 is 0. The van der Waals surface area contributed by atoms with E-state index in [1.165, 1.54) is 10.5 Å². The van der Waals surface area contributed by atoms with Crippen molar-refractivity contribution in [3.63, 3.8) is 0 Å². The van der Waals surface area contributed by atoms with Crippen LogP contribution in [-0.2, 0) is 0 Å². The summed E-state index contributed by atoms with van der Waals surface area (Å²) in [5.41, 5.74) is 1.42. The molecule has 0 bridgehead atoms. The predicted octanol–water partition coefficient (Wildman–Crippen LogP) is 3.51. The van der Waals surface area contributed by atoms with Gasteiger partial charge < -0.3 is 5.32 Å². The van der Waals surface area contributed by atoms with Crippen molar-refractivity contribution < 1.29 is 0 Å². The third-order valence-electron chi connectivity index (χ3n) is 2.38. The van der Waals surface area contributed by atoms with Crippen molar-refractivity contribution in [2.24, 2.45) is 0 Å². The SMILES string of the molecule is CNCC(C)Sc1ccc(C(C)C)cc1. The first kappa shape index (κ1) is 12.6. The fourth-order valence-corrected chi connectivity index (χ4v) is 2.50. The van der Waals surface area contributed by atoms with Crippen LogP contribution >= 0.6 is 11.8 Å². The summed E-state index contributed by atoms with van der Waals surface area (Å²) >= 11 is 1.93. The molecular formula is C13H21NS. The van der Waals surface area contributed by atoms with Gasteiger partial charge in [-0.15, -0.1) is 11.8 Å². The highest BCUT2D eigenvalue weighted by atomic mass is 32.2. The van der Waals surface area contributed by atoms with Gasteiger partial charge in [-0.3, -0.25) is 0 Å². The molecule has 15 heavy (non-hydrogen) atoms. The smallest absolute Gasteiger partial charge is 0.0191 e. The van der Waals surface area contributed by atoms with Gasteiger partial charge in [0.25, 0.3) is 0 Å². The standard InChI is InChI=1S/C13H21NS/c1-10(2)12-5-7-13(8-6-12)15-11(3)9-14-4/h5-8,10-11,14H,9H2,1-4H3. The van der Waals surface area contributed by atoms with Crippen molar-refractivity contribution >= 4 is 11.8 Å². The minimum absolute atomic E-state index is 0.624. The van der Waals surface area contributed by atoms with Crippen molar-refractivity contribution in [2.75, 3.05) is 13.6 Å². The number of thioether (sulfide) groups is 1. The number of hydrogen-bond donors (Lipinski definition) is 1. The molecule has 1 nitrogen and oxygen atoms in total. The van der Waals surface area contributed by atoms with Crippen molar-refractivity contribution in [3.8, 4) is 0 Å². The second-order valence-corrected chi connectivity index (χ2v) is 5.72. The minimum atomic E-state index is 0.624. The quantitative estimate of drug-likeness (QED) is 0.767. The normalized spacial score (nSPS) is 13.1. The van der Waals surface area contributed by atoms with E-state index in [0.717, 1.165) is 6.54 Å². The number of rotatable bonds is 5. The largest absolute Gasteiger partial charge is 0.319 e. The van der Waals surface area contributed by atoms with Crippen LogP contribution in [0.1, 0.15) is 32.3 Å². The lowest BCUT2D eigenvalue weighted by Crippen LogP contribution is -2.17. The van der Waals surface area contributed by atoms with E-state index < -0.39 is 0 Å². The summed E-state index contributed by atoms with van der Waals surface area (Å²) in [6.07, 6.45) is 0. The Morgan fingerprint density at radius 1 is 1.13 bits per heavy atom. The molecule has 0 amide bonds. The molecular weight excluding hydrogens is 202 g/mol. The van der Waals surface area contributed by atoms with Crippen LogP contribution in [0.15, 0.2) is 29.2 Å². The van der Waals surface area contributed by atoms with E-state index in [4.69, 9.17) is 0 Å². The van der Waals surface area contributed by atoms with Crippen LogP contribution in [0.4, 0.5) is 0 Å². The molecule has 0 saturated heterocycles. The molecule has 0 saturated carbocycles. The molecule has 0 aromatic heterocycles. The Morgan fingerprint density at radius 3 is 2.20 bits per heavy atom.